The minimum Gasteiger partial charge on any atom is -0.461 e. The van der Waals surface area contributed by atoms with Gasteiger partial charge in [0.2, 0.25) is 15.8 Å². The number of aromatic nitrogens is 4. The molecule has 0 spiro atoms. The minimum atomic E-state index is -3.13. The predicted molar refractivity (Wildman–Crippen MR) is 122 cm³/mol. The number of hydrogen-bond acceptors (Lipinski definition) is 8. The standard InChI is InChI=1S/C21H23N7O3S/c1-15-14-19(28-21(22-15)24-20(25-28)18-4-3-13-31-18)23-16-5-7-17(8-6-16)26-9-11-27(12-10-26)32(2,29)30/h3-8,13-14,23H,9-12H2,1-2H3. The second-order valence-electron chi connectivity index (χ2n) is 7.73. The van der Waals surface area contributed by atoms with Gasteiger partial charge in [0.25, 0.3) is 5.78 Å². The Morgan fingerprint density at radius 1 is 1.03 bits per heavy atom. The molecule has 11 heteroatoms. The van der Waals surface area contributed by atoms with Crippen molar-refractivity contribution in [1.29, 1.82) is 0 Å². The molecule has 1 fully saturated rings. The molecular weight excluding hydrogens is 430 g/mol. The highest BCUT2D eigenvalue weighted by molar-refractivity contribution is 7.88. The SMILES string of the molecule is Cc1cc(Nc2ccc(N3CCN(S(C)(=O)=O)CC3)cc2)n2nc(-c3ccco3)nc2n1. The quantitative estimate of drug-likeness (QED) is 0.491. The van der Waals surface area contributed by atoms with Crippen LogP contribution in [0.2, 0.25) is 0 Å². The maximum atomic E-state index is 11.7. The lowest BCUT2D eigenvalue weighted by Crippen LogP contribution is -2.48. The summed E-state index contributed by atoms with van der Waals surface area (Å²) < 4.78 is 32.0. The molecule has 1 aromatic carbocycles. The van der Waals surface area contributed by atoms with Crippen molar-refractivity contribution in [2.75, 3.05) is 42.7 Å². The highest BCUT2D eigenvalue weighted by atomic mass is 32.2. The van der Waals surface area contributed by atoms with Crippen LogP contribution < -0.4 is 10.2 Å². The Morgan fingerprint density at radius 3 is 2.44 bits per heavy atom. The molecule has 0 bridgehead atoms. The number of hydrogen-bond donors (Lipinski definition) is 1. The molecule has 1 aliphatic rings. The zero-order valence-corrected chi connectivity index (χ0v) is 18.6. The van der Waals surface area contributed by atoms with Crippen molar-refractivity contribution in [1.82, 2.24) is 23.9 Å². The molecule has 0 aliphatic carbocycles. The second-order valence-corrected chi connectivity index (χ2v) is 9.71. The Hall–Kier alpha value is -3.44. The van der Waals surface area contributed by atoms with Gasteiger partial charge in [-0.1, -0.05) is 0 Å². The molecule has 166 valence electrons. The van der Waals surface area contributed by atoms with Crippen LogP contribution in [-0.4, -0.2) is 64.7 Å². The van der Waals surface area contributed by atoms with Crippen LogP contribution in [0.4, 0.5) is 17.2 Å². The number of fused-ring (bicyclic) bond motifs is 1. The van der Waals surface area contributed by atoms with E-state index in [4.69, 9.17) is 4.42 Å². The first kappa shape index (κ1) is 20.5. The van der Waals surface area contributed by atoms with Crippen molar-refractivity contribution in [2.45, 2.75) is 6.92 Å². The summed E-state index contributed by atoms with van der Waals surface area (Å²) in [6, 6.07) is 13.5. The minimum absolute atomic E-state index is 0.472. The Morgan fingerprint density at radius 2 is 1.78 bits per heavy atom. The fourth-order valence-corrected chi connectivity index (χ4v) is 4.59. The van der Waals surface area contributed by atoms with E-state index in [1.165, 1.54) is 10.6 Å². The molecule has 5 rings (SSSR count). The number of piperazine rings is 1. The van der Waals surface area contributed by atoms with E-state index in [0.717, 1.165) is 22.9 Å². The average molecular weight is 454 g/mol. The first-order chi connectivity index (χ1) is 15.4. The highest BCUT2D eigenvalue weighted by Gasteiger charge is 2.23. The van der Waals surface area contributed by atoms with Gasteiger partial charge in [0.1, 0.15) is 5.82 Å². The zero-order valence-electron chi connectivity index (χ0n) is 17.8. The van der Waals surface area contributed by atoms with Crippen LogP contribution in [0.15, 0.2) is 53.1 Å². The van der Waals surface area contributed by atoms with Crippen LogP contribution in [0.1, 0.15) is 5.69 Å². The first-order valence-corrected chi connectivity index (χ1v) is 12.1. The number of nitrogens with one attached hydrogen (secondary N) is 1. The van der Waals surface area contributed by atoms with E-state index in [2.05, 4.69) is 25.3 Å². The van der Waals surface area contributed by atoms with Crippen LogP contribution in [0.5, 0.6) is 0 Å². The number of furan rings is 1. The largest absolute Gasteiger partial charge is 0.461 e. The molecule has 3 aromatic heterocycles. The van der Waals surface area contributed by atoms with Crippen LogP contribution in [0.3, 0.4) is 0 Å². The lowest BCUT2D eigenvalue weighted by Gasteiger charge is -2.34. The van der Waals surface area contributed by atoms with E-state index in [0.29, 0.717) is 43.5 Å². The molecule has 1 saturated heterocycles. The third kappa shape index (κ3) is 4.04. The Labute approximate surface area is 185 Å². The van der Waals surface area contributed by atoms with E-state index < -0.39 is 10.0 Å². The summed E-state index contributed by atoms with van der Waals surface area (Å²) in [6.45, 7) is 4.23. The third-order valence-corrected chi connectivity index (χ3v) is 6.70. The maximum absolute atomic E-state index is 11.7. The Balaban J connectivity index is 1.35. The number of nitrogens with zero attached hydrogens (tertiary/aromatic N) is 6. The summed E-state index contributed by atoms with van der Waals surface area (Å²) in [5, 5.41) is 7.92. The molecule has 0 radical (unpaired) electrons. The maximum Gasteiger partial charge on any atom is 0.255 e. The molecule has 4 aromatic rings. The van der Waals surface area contributed by atoms with Crippen molar-refractivity contribution in [2.24, 2.45) is 0 Å². The smallest absolute Gasteiger partial charge is 0.255 e. The second kappa shape index (κ2) is 7.92. The van der Waals surface area contributed by atoms with Crippen LogP contribution in [-0.2, 0) is 10.0 Å². The molecule has 1 aliphatic heterocycles. The van der Waals surface area contributed by atoms with Crippen LogP contribution in [0, 0.1) is 6.92 Å². The number of rotatable bonds is 5. The van der Waals surface area contributed by atoms with Crippen molar-refractivity contribution in [3.8, 4) is 11.6 Å². The molecule has 10 nitrogen and oxygen atoms in total. The van der Waals surface area contributed by atoms with Gasteiger partial charge in [-0.05, 0) is 43.3 Å². The summed E-state index contributed by atoms with van der Waals surface area (Å²) in [5.74, 6) is 2.28. The fourth-order valence-electron chi connectivity index (χ4n) is 3.77. The van der Waals surface area contributed by atoms with E-state index in [1.807, 2.05) is 43.3 Å². The van der Waals surface area contributed by atoms with Gasteiger partial charge in [-0.25, -0.2) is 13.4 Å². The van der Waals surface area contributed by atoms with Gasteiger partial charge in [0, 0.05) is 49.3 Å². The molecular formula is C21H23N7O3S. The first-order valence-electron chi connectivity index (χ1n) is 10.2. The number of aryl methyl sites for hydroxylation is 1. The Kier molecular flexibility index (Phi) is 5.06. The third-order valence-electron chi connectivity index (χ3n) is 5.39. The van der Waals surface area contributed by atoms with Crippen LogP contribution >= 0.6 is 0 Å². The van der Waals surface area contributed by atoms with Gasteiger partial charge >= 0.3 is 0 Å². The van der Waals surface area contributed by atoms with Gasteiger partial charge in [-0.15, -0.1) is 5.10 Å². The van der Waals surface area contributed by atoms with E-state index in [-0.39, 0.29) is 0 Å². The normalized spacial score (nSPS) is 15.4. The zero-order chi connectivity index (χ0) is 22.3. The molecule has 0 saturated carbocycles. The summed E-state index contributed by atoms with van der Waals surface area (Å²) in [5.41, 5.74) is 2.77. The summed E-state index contributed by atoms with van der Waals surface area (Å²) in [7, 11) is -3.13. The predicted octanol–water partition coefficient (Wildman–Crippen LogP) is 2.52. The summed E-state index contributed by atoms with van der Waals surface area (Å²) in [6.07, 6.45) is 2.84. The fraction of sp³-hybridized carbons (Fsp3) is 0.286. The van der Waals surface area contributed by atoms with E-state index >= 15 is 0 Å². The number of sulfonamides is 1. The number of anilines is 3. The lowest BCUT2D eigenvalue weighted by atomic mass is 10.2. The number of benzene rings is 1. The van der Waals surface area contributed by atoms with Crippen molar-refractivity contribution in [3.05, 3.63) is 54.4 Å². The lowest BCUT2D eigenvalue weighted by molar-refractivity contribution is 0.388. The monoisotopic (exact) mass is 453 g/mol. The van der Waals surface area contributed by atoms with Crippen molar-refractivity contribution >= 4 is 33.0 Å². The molecule has 0 amide bonds. The van der Waals surface area contributed by atoms with Gasteiger partial charge in [0.15, 0.2) is 5.76 Å². The van der Waals surface area contributed by atoms with Gasteiger partial charge in [-0.2, -0.15) is 13.8 Å². The summed E-state index contributed by atoms with van der Waals surface area (Å²) in [4.78, 5) is 11.1. The molecule has 1 N–H and O–H groups in total. The van der Waals surface area contributed by atoms with Crippen LogP contribution in [0.25, 0.3) is 17.4 Å². The molecule has 32 heavy (non-hydrogen) atoms. The average Bonchev–Trinajstić information content (AvgIpc) is 3.44. The highest BCUT2D eigenvalue weighted by Crippen LogP contribution is 2.24. The summed E-state index contributed by atoms with van der Waals surface area (Å²) >= 11 is 0. The van der Waals surface area contributed by atoms with E-state index in [9.17, 15) is 8.42 Å². The Bertz CT molecular complexity index is 1340. The molecule has 0 unspecified atom stereocenters. The molecule has 4 heterocycles. The van der Waals surface area contributed by atoms with E-state index in [1.54, 1.807) is 16.8 Å². The van der Waals surface area contributed by atoms with Crippen molar-refractivity contribution in [3.63, 3.8) is 0 Å². The van der Waals surface area contributed by atoms with Gasteiger partial charge in [0.05, 0.1) is 12.5 Å². The molecule has 0 atom stereocenters. The van der Waals surface area contributed by atoms with Crippen molar-refractivity contribution < 1.29 is 12.8 Å². The van der Waals surface area contributed by atoms with Gasteiger partial charge in [-0.3, -0.25) is 0 Å². The topological polar surface area (TPSA) is 109 Å². The van der Waals surface area contributed by atoms with Gasteiger partial charge < -0.3 is 14.6 Å².